The monoisotopic (exact) mass is 450 g/mol. The van der Waals surface area contributed by atoms with Crippen molar-refractivity contribution in [3.8, 4) is 11.5 Å². The predicted molar refractivity (Wildman–Crippen MR) is 115 cm³/mol. The lowest BCUT2D eigenvalue weighted by atomic mass is 9.72. The molecule has 1 fully saturated rings. The van der Waals surface area contributed by atoms with Crippen molar-refractivity contribution >= 4 is 18.0 Å². The van der Waals surface area contributed by atoms with E-state index in [9.17, 15) is 19.7 Å². The highest BCUT2D eigenvalue weighted by Gasteiger charge is 2.34. The molecule has 0 aromatic heterocycles. The van der Waals surface area contributed by atoms with Gasteiger partial charge in [-0.25, -0.2) is 4.79 Å². The number of methoxy groups -OCH3 is 1. The lowest BCUT2D eigenvalue weighted by molar-refractivity contribution is -0.757. The predicted octanol–water partition coefficient (Wildman–Crippen LogP) is 3.05. The molecule has 176 valence electrons. The van der Waals surface area contributed by atoms with Crippen LogP contribution in [0.15, 0.2) is 24.3 Å². The number of rotatable bonds is 12. The molecule has 0 spiro atoms. The van der Waals surface area contributed by atoms with Crippen molar-refractivity contribution in [2.45, 2.75) is 44.9 Å². The van der Waals surface area contributed by atoms with E-state index in [2.05, 4.69) is 4.84 Å². The van der Waals surface area contributed by atoms with Crippen LogP contribution in [0.5, 0.6) is 11.5 Å². The molecular weight excluding hydrogens is 420 g/mol. The number of benzene rings is 1. The smallest absolute Gasteiger partial charge is 0.330 e. The van der Waals surface area contributed by atoms with E-state index in [1.54, 1.807) is 18.2 Å². The maximum absolute atomic E-state index is 12.5. The molecule has 0 saturated heterocycles. The third kappa shape index (κ3) is 8.18. The summed E-state index contributed by atoms with van der Waals surface area (Å²) >= 11 is 0. The van der Waals surface area contributed by atoms with Gasteiger partial charge in [-0.05, 0) is 48.6 Å². The van der Waals surface area contributed by atoms with E-state index in [1.807, 2.05) is 0 Å². The molecule has 0 radical (unpaired) electrons. The van der Waals surface area contributed by atoms with Crippen LogP contribution in [0.1, 0.15) is 50.5 Å². The Morgan fingerprint density at radius 3 is 2.59 bits per heavy atom. The Bertz CT molecular complexity index is 818. The van der Waals surface area contributed by atoms with E-state index >= 15 is 0 Å². The van der Waals surface area contributed by atoms with Crippen LogP contribution in [0.4, 0.5) is 0 Å². The Hall–Kier alpha value is -3.14. The zero-order chi connectivity index (χ0) is 23.4. The lowest BCUT2D eigenvalue weighted by Gasteiger charge is -2.35. The summed E-state index contributed by atoms with van der Waals surface area (Å²) in [5.74, 6) is -0.286. The first-order chi connectivity index (χ1) is 15.4. The second-order valence-corrected chi connectivity index (χ2v) is 7.74. The first-order valence-corrected chi connectivity index (χ1v) is 10.6. The molecule has 1 saturated carbocycles. The van der Waals surface area contributed by atoms with Crippen LogP contribution in [0.25, 0.3) is 6.08 Å². The normalized spacial score (nSPS) is 15.2. The van der Waals surface area contributed by atoms with Crippen molar-refractivity contribution in [1.29, 1.82) is 0 Å². The second kappa shape index (κ2) is 12.7. The van der Waals surface area contributed by atoms with Gasteiger partial charge in [0.2, 0.25) is 0 Å². The summed E-state index contributed by atoms with van der Waals surface area (Å²) < 4.78 is 15.8. The van der Waals surface area contributed by atoms with E-state index in [0.717, 1.165) is 25.7 Å². The molecule has 10 heteroatoms. The number of hydrogen-bond donors (Lipinski definition) is 1. The summed E-state index contributed by atoms with van der Waals surface area (Å²) in [7, 11) is 1.46. The zero-order valence-electron chi connectivity index (χ0n) is 18.2. The molecule has 2 N–H and O–H groups in total. The molecule has 1 aromatic rings. The van der Waals surface area contributed by atoms with Crippen LogP contribution in [-0.4, -0.2) is 43.9 Å². The van der Waals surface area contributed by atoms with E-state index in [1.165, 1.54) is 25.7 Å². The standard InChI is InChI=1S/C22H30N2O8/c1-29-19-14-17(7-9-20(25)30-12-5-13-31-24(27)28)6-8-18(19)32-21(26)15-22(16-23)10-3-2-4-11-22/h6-9,14H,2-5,10-13,15-16,23H2,1H3/b9-7+. The van der Waals surface area contributed by atoms with Crippen LogP contribution < -0.4 is 15.2 Å². The summed E-state index contributed by atoms with van der Waals surface area (Å²) in [4.78, 5) is 38.4. The first kappa shape index (κ1) is 25.1. The molecule has 0 bridgehead atoms. The summed E-state index contributed by atoms with van der Waals surface area (Å²) in [6.07, 6.45) is 8.40. The van der Waals surface area contributed by atoms with Crippen molar-refractivity contribution in [2.75, 3.05) is 26.9 Å². The van der Waals surface area contributed by atoms with E-state index in [0.29, 0.717) is 23.6 Å². The number of nitrogens with zero attached hydrogens (tertiary/aromatic N) is 1. The van der Waals surface area contributed by atoms with Gasteiger partial charge in [-0.2, -0.15) is 0 Å². The molecule has 1 aliphatic carbocycles. The van der Waals surface area contributed by atoms with Crippen molar-refractivity contribution in [2.24, 2.45) is 11.1 Å². The fourth-order valence-electron chi connectivity index (χ4n) is 3.68. The van der Waals surface area contributed by atoms with Gasteiger partial charge in [0.05, 0.1) is 26.7 Å². The third-order valence-electron chi connectivity index (χ3n) is 5.42. The Labute approximate surface area is 186 Å². The fourth-order valence-corrected chi connectivity index (χ4v) is 3.68. The molecule has 32 heavy (non-hydrogen) atoms. The van der Waals surface area contributed by atoms with Crippen molar-refractivity contribution in [3.05, 3.63) is 40.0 Å². The Morgan fingerprint density at radius 1 is 1.19 bits per heavy atom. The number of hydrogen-bond acceptors (Lipinski definition) is 9. The maximum Gasteiger partial charge on any atom is 0.330 e. The minimum absolute atomic E-state index is 0.000481. The average molecular weight is 450 g/mol. The number of esters is 2. The minimum atomic E-state index is -0.900. The van der Waals surface area contributed by atoms with Crippen LogP contribution in [0.2, 0.25) is 0 Å². The molecule has 2 rings (SSSR count). The van der Waals surface area contributed by atoms with Gasteiger partial charge < -0.3 is 24.8 Å². The Balaban J connectivity index is 1.90. The molecular formula is C22H30N2O8. The van der Waals surface area contributed by atoms with Gasteiger partial charge in [-0.1, -0.05) is 25.3 Å². The van der Waals surface area contributed by atoms with Crippen LogP contribution >= 0.6 is 0 Å². The van der Waals surface area contributed by atoms with Crippen molar-refractivity contribution in [3.63, 3.8) is 0 Å². The fraction of sp³-hybridized carbons (Fsp3) is 0.545. The van der Waals surface area contributed by atoms with Crippen LogP contribution in [0.3, 0.4) is 0 Å². The largest absolute Gasteiger partial charge is 0.493 e. The van der Waals surface area contributed by atoms with Crippen LogP contribution in [-0.2, 0) is 19.2 Å². The molecule has 0 amide bonds. The molecule has 10 nitrogen and oxygen atoms in total. The van der Waals surface area contributed by atoms with E-state index in [-0.39, 0.29) is 37.4 Å². The van der Waals surface area contributed by atoms with Crippen molar-refractivity contribution in [1.82, 2.24) is 0 Å². The second-order valence-electron chi connectivity index (χ2n) is 7.74. The number of nitrogens with two attached hydrogens (primary N) is 1. The molecule has 0 atom stereocenters. The SMILES string of the molecule is COc1cc(/C=C/C(=O)OCCCO[N+](=O)[O-])ccc1OC(=O)CC1(CN)CCCCC1. The average Bonchev–Trinajstić information content (AvgIpc) is 2.78. The molecule has 0 heterocycles. The Morgan fingerprint density at radius 2 is 1.94 bits per heavy atom. The van der Waals surface area contributed by atoms with Gasteiger partial charge in [0.1, 0.15) is 0 Å². The summed E-state index contributed by atoms with van der Waals surface area (Å²) in [6, 6.07) is 4.92. The maximum atomic E-state index is 12.5. The van der Waals surface area contributed by atoms with Gasteiger partial charge in [-0.3, -0.25) is 4.79 Å². The van der Waals surface area contributed by atoms with Gasteiger partial charge >= 0.3 is 11.9 Å². The minimum Gasteiger partial charge on any atom is -0.493 e. The van der Waals surface area contributed by atoms with Crippen LogP contribution in [0, 0.1) is 15.5 Å². The number of carbonyl (C=O) groups excluding carboxylic acids is 2. The summed E-state index contributed by atoms with van der Waals surface area (Å²) in [5.41, 5.74) is 6.41. The molecule has 1 aliphatic rings. The zero-order valence-corrected chi connectivity index (χ0v) is 18.2. The Kier molecular flexibility index (Phi) is 9.93. The highest BCUT2D eigenvalue weighted by molar-refractivity contribution is 5.87. The number of ether oxygens (including phenoxy) is 3. The highest BCUT2D eigenvalue weighted by Crippen LogP contribution is 2.39. The van der Waals surface area contributed by atoms with Gasteiger partial charge in [0, 0.05) is 12.5 Å². The summed E-state index contributed by atoms with van der Waals surface area (Å²) in [5, 5.41) is 9.13. The first-order valence-electron chi connectivity index (χ1n) is 10.6. The van der Waals surface area contributed by atoms with Crippen molar-refractivity contribution < 1.29 is 33.7 Å². The highest BCUT2D eigenvalue weighted by atomic mass is 16.9. The molecule has 1 aromatic carbocycles. The van der Waals surface area contributed by atoms with E-state index in [4.69, 9.17) is 19.9 Å². The van der Waals surface area contributed by atoms with Gasteiger partial charge in [0.15, 0.2) is 11.5 Å². The molecule has 0 aliphatic heterocycles. The molecule has 0 unspecified atom stereocenters. The van der Waals surface area contributed by atoms with Gasteiger partial charge in [-0.15, -0.1) is 10.1 Å². The number of carbonyl (C=O) groups is 2. The quantitative estimate of drug-likeness (QED) is 0.127. The third-order valence-corrected chi connectivity index (χ3v) is 5.42. The summed E-state index contributed by atoms with van der Waals surface area (Å²) in [6.45, 7) is 0.315. The topological polar surface area (TPSA) is 140 Å². The lowest BCUT2D eigenvalue weighted by Crippen LogP contribution is -2.36. The van der Waals surface area contributed by atoms with Gasteiger partial charge in [0.25, 0.3) is 5.09 Å². The van der Waals surface area contributed by atoms with E-state index < -0.39 is 11.1 Å².